The summed E-state index contributed by atoms with van der Waals surface area (Å²) in [5, 5.41) is 23.1. The number of aromatic hydroxyl groups is 1. The number of benzene rings is 2. The standard InChI is InChI=1S/C17H16N2O6/c1-10-6-7-12(14(20)8-10)17(22)25-9-15(21)18-16-11(2)4-3-5-13(16)19(23)24/h3-8,20H,9H2,1-2H3,(H,18,21). The van der Waals surface area contributed by atoms with Crippen molar-refractivity contribution in [3.8, 4) is 5.75 Å². The molecule has 2 rings (SSSR count). The third kappa shape index (κ3) is 4.31. The van der Waals surface area contributed by atoms with Crippen LogP contribution in [0.5, 0.6) is 5.75 Å². The second-order valence-corrected chi connectivity index (χ2v) is 5.37. The monoisotopic (exact) mass is 344 g/mol. The van der Waals surface area contributed by atoms with Crippen molar-refractivity contribution in [3.63, 3.8) is 0 Å². The number of carbonyl (C=O) groups is 2. The van der Waals surface area contributed by atoms with Crippen LogP contribution in [0.25, 0.3) is 0 Å². The molecule has 0 saturated carbocycles. The van der Waals surface area contributed by atoms with E-state index in [4.69, 9.17) is 4.74 Å². The third-order valence-electron chi connectivity index (χ3n) is 3.42. The van der Waals surface area contributed by atoms with Crippen LogP contribution in [0.2, 0.25) is 0 Å². The van der Waals surface area contributed by atoms with E-state index in [9.17, 15) is 24.8 Å². The van der Waals surface area contributed by atoms with E-state index in [1.54, 1.807) is 26.0 Å². The van der Waals surface area contributed by atoms with Crippen molar-refractivity contribution in [2.24, 2.45) is 0 Å². The number of nitro groups is 1. The van der Waals surface area contributed by atoms with E-state index >= 15 is 0 Å². The number of rotatable bonds is 5. The van der Waals surface area contributed by atoms with Gasteiger partial charge in [0.25, 0.3) is 11.6 Å². The van der Waals surface area contributed by atoms with E-state index in [2.05, 4.69) is 5.32 Å². The minimum atomic E-state index is -0.869. The molecule has 0 aliphatic heterocycles. The number of anilines is 1. The van der Waals surface area contributed by atoms with Gasteiger partial charge in [-0.25, -0.2) is 4.79 Å². The number of ether oxygens (including phenoxy) is 1. The first kappa shape index (κ1) is 17.9. The number of hydrogen-bond acceptors (Lipinski definition) is 6. The Labute approximate surface area is 143 Å². The zero-order valence-corrected chi connectivity index (χ0v) is 13.6. The van der Waals surface area contributed by atoms with Gasteiger partial charge in [0.1, 0.15) is 17.0 Å². The average Bonchev–Trinajstić information content (AvgIpc) is 2.54. The van der Waals surface area contributed by atoms with Gasteiger partial charge < -0.3 is 15.2 Å². The second kappa shape index (κ2) is 7.43. The number of phenols is 1. The second-order valence-electron chi connectivity index (χ2n) is 5.37. The molecule has 0 spiro atoms. The van der Waals surface area contributed by atoms with Crippen LogP contribution >= 0.6 is 0 Å². The molecule has 0 heterocycles. The molecular formula is C17H16N2O6. The van der Waals surface area contributed by atoms with Gasteiger partial charge in [-0.3, -0.25) is 14.9 Å². The summed E-state index contributed by atoms with van der Waals surface area (Å²) in [6, 6.07) is 8.78. The fraction of sp³-hybridized carbons (Fsp3) is 0.176. The summed E-state index contributed by atoms with van der Waals surface area (Å²) in [5.41, 5.74) is 0.992. The highest BCUT2D eigenvalue weighted by molar-refractivity contribution is 5.98. The topological polar surface area (TPSA) is 119 Å². The third-order valence-corrected chi connectivity index (χ3v) is 3.42. The van der Waals surface area contributed by atoms with Gasteiger partial charge in [0.05, 0.1) is 4.92 Å². The van der Waals surface area contributed by atoms with Crippen LogP contribution in [0.4, 0.5) is 11.4 Å². The number of nitrogens with one attached hydrogen (secondary N) is 1. The van der Waals surface area contributed by atoms with Crippen molar-refractivity contribution < 1.29 is 24.4 Å². The lowest BCUT2D eigenvalue weighted by atomic mass is 10.1. The van der Waals surface area contributed by atoms with Crippen molar-refractivity contribution in [1.82, 2.24) is 0 Å². The normalized spacial score (nSPS) is 10.2. The minimum Gasteiger partial charge on any atom is -0.507 e. The number of amides is 1. The van der Waals surface area contributed by atoms with Crippen LogP contribution in [-0.2, 0) is 9.53 Å². The van der Waals surface area contributed by atoms with Crippen LogP contribution in [-0.4, -0.2) is 28.5 Å². The number of phenolic OH excluding ortho intramolecular Hbond substituents is 1. The molecule has 0 aliphatic rings. The fourth-order valence-electron chi connectivity index (χ4n) is 2.17. The predicted molar refractivity (Wildman–Crippen MR) is 89.6 cm³/mol. The first-order chi connectivity index (χ1) is 11.8. The SMILES string of the molecule is Cc1ccc(C(=O)OCC(=O)Nc2c(C)cccc2[N+](=O)[O-])c(O)c1. The lowest BCUT2D eigenvalue weighted by Gasteiger charge is -2.10. The zero-order chi connectivity index (χ0) is 18.6. The quantitative estimate of drug-likeness (QED) is 0.489. The summed E-state index contributed by atoms with van der Waals surface area (Å²) in [4.78, 5) is 34.2. The van der Waals surface area contributed by atoms with Gasteiger partial charge in [-0.05, 0) is 37.1 Å². The Kier molecular flexibility index (Phi) is 5.33. The molecule has 8 nitrogen and oxygen atoms in total. The number of para-hydroxylation sites is 1. The lowest BCUT2D eigenvalue weighted by molar-refractivity contribution is -0.384. The first-order valence-corrected chi connectivity index (χ1v) is 7.30. The number of hydrogen-bond donors (Lipinski definition) is 2. The summed E-state index contributed by atoms with van der Waals surface area (Å²) < 4.78 is 4.84. The first-order valence-electron chi connectivity index (χ1n) is 7.30. The van der Waals surface area contributed by atoms with Crippen molar-refractivity contribution in [1.29, 1.82) is 0 Å². The van der Waals surface area contributed by atoms with Crippen LogP contribution < -0.4 is 5.32 Å². The molecule has 0 atom stereocenters. The Bertz CT molecular complexity index is 847. The molecule has 0 saturated heterocycles. The Balaban J connectivity index is 2.04. The highest BCUT2D eigenvalue weighted by Gasteiger charge is 2.19. The van der Waals surface area contributed by atoms with Crippen LogP contribution in [0.1, 0.15) is 21.5 Å². The molecule has 2 aromatic carbocycles. The van der Waals surface area contributed by atoms with Crippen molar-refractivity contribution in [3.05, 3.63) is 63.2 Å². The maximum atomic E-state index is 11.9. The van der Waals surface area contributed by atoms with Gasteiger partial charge in [0, 0.05) is 6.07 Å². The fourth-order valence-corrected chi connectivity index (χ4v) is 2.17. The minimum absolute atomic E-state index is 0.0479. The van der Waals surface area contributed by atoms with Gasteiger partial charge in [0.2, 0.25) is 0 Å². The van der Waals surface area contributed by atoms with E-state index in [1.165, 1.54) is 24.3 Å². The Hall–Kier alpha value is -3.42. The number of esters is 1. The van der Waals surface area contributed by atoms with Gasteiger partial charge >= 0.3 is 5.97 Å². The van der Waals surface area contributed by atoms with Crippen molar-refractivity contribution >= 4 is 23.3 Å². The molecule has 0 aliphatic carbocycles. The molecule has 0 bridgehead atoms. The summed E-state index contributed by atoms with van der Waals surface area (Å²) in [6.07, 6.45) is 0. The number of carbonyl (C=O) groups excluding carboxylic acids is 2. The summed E-state index contributed by atoms with van der Waals surface area (Å²) in [7, 11) is 0. The molecule has 8 heteroatoms. The van der Waals surface area contributed by atoms with E-state index in [0.717, 1.165) is 5.56 Å². The average molecular weight is 344 g/mol. The Morgan fingerprint density at radius 3 is 2.60 bits per heavy atom. The highest BCUT2D eigenvalue weighted by Crippen LogP contribution is 2.27. The molecular weight excluding hydrogens is 328 g/mol. The smallest absolute Gasteiger partial charge is 0.342 e. The number of aryl methyl sites for hydroxylation is 2. The van der Waals surface area contributed by atoms with Crippen LogP contribution in [0, 0.1) is 24.0 Å². The van der Waals surface area contributed by atoms with E-state index in [-0.39, 0.29) is 22.7 Å². The summed E-state index contributed by atoms with van der Waals surface area (Å²) in [6.45, 7) is 2.72. The van der Waals surface area contributed by atoms with Crippen molar-refractivity contribution in [2.75, 3.05) is 11.9 Å². The molecule has 130 valence electrons. The van der Waals surface area contributed by atoms with Gasteiger partial charge in [-0.15, -0.1) is 0 Å². The molecule has 0 unspecified atom stereocenters. The van der Waals surface area contributed by atoms with E-state index < -0.39 is 23.4 Å². The van der Waals surface area contributed by atoms with Crippen molar-refractivity contribution in [2.45, 2.75) is 13.8 Å². The van der Waals surface area contributed by atoms with Gasteiger partial charge in [-0.1, -0.05) is 18.2 Å². The van der Waals surface area contributed by atoms with Gasteiger partial charge in [-0.2, -0.15) is 0 Å². The largest absolute Gasteiger partial charge is 0.507 e. The molecule has 0 aromatic heterocycles. The molecule has 0 radical (unpaired) electrons. The highest BCUT2D eigenvalue weighted by atomic mass is 16.6. The maximum Gasteiger partial charge on any atom is 0.342 e. The predicted octanol–water partition coefficient (Wildman–Crippen LogP) is 2.71. The number of nitro benzene ring substituents is 1. The Morgan fingerprint density at radius 2 is 1.96 bits per heavy atom. The molecule has 0 fully saturated rings. The Morgan fingerprint density at radius 1 is 1.24 bits per heavy atom. The van der Waals surface area contributed by atoms with Gasteiger partial charge in [0.15, 0.2) is 6.61 Å². The molecule has 1 amide bonds. The lowest BCUT2D eigenvalue weighted by Crippen LogP contribution is -2.22. The van der Waals surface area contributed by atoms with E-state index in [0.29, 0.717) is 5.56 Å². The van der Waals surface area contributed by atoms with E-state index in [1.807, 2.05) is 0 Å². The molecule has 25 heavy (non-hydrogen) atoms. The summed E-state index contributed by atoms with van der Waals surface area (Å²) >= 11 is 0. The number of nitrogens with zero attached hydrogens (tertiary/aromatic N) is 1. The zero-order valence-electron chi connectivity index (χ0n) is 13.6. The maximum absolute atomic E-state index is 11.9. The molecule has 2 aromatic rings. The molecule has 2 N–H and O–H groups in total. The van der Waals surface area contributed by atoms with Crippen LogP contribution in [0.3, 0.4) is 0 Å². The van der Waals surface area contributed by atoms with Crippen LogP contribution in [0.15, 0.2) is 36.4 Å². The summed E-state index contributed by atoms with van der Waals surface area (Å²) in [5.74, 6) is -1.84.